The highest BCUT2D eigenvalue weighted by atomic mass is 16.4. The van der Waals surface area contributed by atoms with Gasteiger partial charge in [-0.15, -0.1) is 0 Å². The number of nitrogens with one attached hydrogen (secondary N) is 3. The van der Waals surface area contributed by atoms with Gasteiger partial charge in [-0.2, -0.15) is 0 Å². The van der Waals surface area contributed by atoms with Crippen LogP contribution in [0.2, 0.25) is 0 Å². The van der Waals surface area contributed by atoms with E-state index in [9.17, 15) is 29.4 Å². The molecule has 0 radical (unpaired) electrons. The van der Waals surface area contributed by atoms with E-state index in [-0.39, 0.29) is 18.8 Å². The van der Waals surface area contributed by atoms with Crippen LogP contribution in [0.25, 0.3) is 0 Å². The lowest BCUT2D eigenvalue weighted by molar-refractivity contribution is -0.142. The van der Waals surface area contributed by atoms with E-state index in [2.05, 4.69) is 16.0 Å². The van der Waals surface area contributed by atoms with Crippen LogP contribution in [0.5, 0.6) is 0 Å². The Labute approximate surface area is 216 Å². The molecule has 0 heterocycles. The first-order valence-corrected chi connectivity index (χ1v) is 12.2. The molecular weight excluding hydrogens is 476 g/mol. The summed E-state index contributed by atoms with van der Waals surface area (Å²) in [4.78, 5) is 50.4. The molecule has 0 bridgehead atoms. The second kappa shape index (κ2) is 14.7. The normalized spacial score (nSPS) is 14.2. The van der Waals surface area contributed by atoms with Gasteiger partial charge in [-0.25, -0.2) is 4.79 Å². The van der Waals surface area contributed by atoms with E-state index in [1.54, 1.807) is 60.7 Å². The zero-order valence-electron chi connectivity index (χ0n) is 21.1. The number of amides is 3. The molecule has 37 heavy (non-hydrogen) atoms. The summed E-state index contributed by atoms with van der Waals surface area (Å²) in [6.45, 7) is 3.09. The molecule has 0 aliphatic rings. The van der Waals surface area contributed by atoms with Gasteiger partial charge in [0.25, 0.3) is 0 Å². The second-order valence-electron chi connectivity index (χ2n) is 9.32. The quantitative estimate of drug-likeness (QED) is 0.212. The van der Waals surface area contributed by atoms with Gasteiger partial charge in [0.15, 0.2) is 0 Å². The molecule has 4 unspecified atom stereocenters. The van der Waals surface area contributed by atoms with Crippen molar-refractivity contribution >= 4 is 23.7 Å². The molecule has 0 spiro atoms. The van der Waals surface area contributed by atoms with E-state index in [0.717, 1.165) is 11.1 Å². The summed E-state index contributed by atoms with van der Waals surface area (Å²) >= 11 is 0. The van der Waals surface area contributed by atoms with Crippen molar-refractivity contribution in [3.05, 3.63) is 71.8 Å². The van der Waals surface area contributed by atoms with Crippen molar-refractivity contribution in [1.82, 2.24) is 16.0 Å². The average Bonchev–Trinajstić information content (AvgIpc) is 2.86. The number of carbonyl (C=O) groups is 4. The largest absolute Gasteiger partial charge is 0.480 e. The molecule has 0 aromatic heterocycles. The molecule has 0 aliphatic carbocycles. The number of aliphatic hydroxyl groups is 1. The fraction of sp³-hybridized carbons (Fsp3) is 0.407. The summed E-state index contributed by atoms with van der Waals surface area (Å²) in [5.74, 6) is -3.17. The van der Waals surface area contributed by atoms with Gasteiger partial charge in [-0.1, -0.05) is 74.5 Å². The summed E-state index contributed by atoms with van der Waals surface area (Å²) in [6, 6.07) is 13.1. The third-order valence-corrected chi connectivity index (χ3v) is 5.69. The number of carboxylic acids is 1. The number of hydrogen-bond donors (Lipinski definition) is 6. The number of benzene rings is 2. The minimum absolute atomic E-state index is 0.0526. The van der Waals surface area contributed by atoms with Crippen LogP contribution in [-0.2, 0) is 32.0 Å². The van der Waals surface area contributed by atoms with E-state index < -0.39 is 54.5 Å². The highest BCUT2D eigenvalue weighted by Crippen LogP contribution is 2.08. The maximum absolute atomic E-state index is 13.2. The van der Waals surface area contributed by atoms with E-state index in [1.807, 2.05) is 13.8 Å². The SMILES string of the molecule is CC(C)CC(N)C(=O)NC(CO)C(=O)NC(Cc1ccccc1)C(=O)NC(Cc1ccccc1)C(=O)O. The van der Waals surface area contributed by atoms with Crippen molar-refractivity contribution < 1.29 is 29.4 Å². The standard InChI is InChI=1S/C27H36N4O6/c1-17(2)13-20(28)24(33)31-23(16-32)26(35)29-21(14-18-9-5-3-6-10-18)25(34)30-22(27(36)37)15-19-11-7-4-8-12-19/h3-12,17,20-23,32H,13-16,28H2,1-2H3,(H,29,35)(H,30,34)(H,31,33)(H,36,37). The Bertz CT molecular complexity index is 1030. The van der Waals surface area contributed by atoms with Gasteiger partial charge in [-0.05, 0) is 23.5 Å². The molecule has 2 rings (SSSR count). The molecule has 0 saturated carbocycles. The van der Waals surface area contributed by atoms with Crippen molar-refractivity contribution in [3.8, 4) is 0 Å². The fourth-order valence-electron chi connectivity index (χ4n) is 3.74. The lowest BCUT2D eigenvalue weighted by Gasteiger charge is -2.25. The van der Waals surface area contributed by atoms with Crippen LogP contribution in [0, 0.1) is 5.92 Å². The molecule has 3 amide bonds. The van der Waals surface area contributed by atoms with Crippen LogP contribution in [0.3, 0.4) is 0 Å². The number of hydrogen-bond acceptors (Lipinski definition) is 6. The fourth-order valence-corrected chi connectivity index (χ4v) is 3.74. The lowest BCUT2D eigenvalue weighted by atomic mass is 10.0. The summed E-state index contributed by atoms with van der Waals surface area (Å²) < 4.78 is 0. The van der Waals surface area contributed by atoms with Crippen LogP contribution < -0.4 is 21.7 Å². The number of aliphatic carboxylic acids is 1. The smallest absolute Gasteiger partial charge is 0.326 e. The molecular formula is C27H36N4O6. The van der Waals surface area contributed by atoms with Crippen molar-refractivity contribution in [2.24, 2.45) is 11.7 Å². The van der Waals surface area contributed by atoms with E-state index in [1.165, 1.54) is 0 Å². The minimum atomic E-state index is -1.34. The zero-order valence-corrected chi connectivity index (χ0v) is 21.1. The Hall–Kier alpha value is -3.76. The van der Waals surface area contributed by atoms with Gasteiger partial charge in [0, 0.05) is 12.8 Å². The summed E-state index contributed by atoms with van der Waals surface area (Å²) in [7, 11) is 0. The lowest BCUT2D eigenvalue weighted by Crippen LogP contribution is -2.58. The van der Waals surface area contributed by atoms with Crippen LogP contribution in [0.15, 0.2) is 60.7 Å². The van der Waals surface area contributed by atoms with E-state index >= 15 is 0 Å². The average molecular weight is 513 g/mol. The van der Waals surface area contributed by atoms with Gasteiger partial charge >= 0.3 is 5.97 Å². The monoisotopic (exact) mass is 512 g/mol. The summed E-state index contributed by atoms with van der Waals surface area (Å²) in [6.07, 6.45) is 0.509. The zero-order chi connectivity index (χ0) is 27.4. The highest BCUT2D eigenvalue weighted by molar-refractivity contribution is 5.94. The van der Waals surface area contributed by atoms with Crippen LogP contribution >= 0.6 is 0 Å². The second-order valence-corrected chi connectivity index (χ2v) is 9.32. The van der Waals surface area contributed by atoms with Gasteiger partial charge in [0.1, 0.15) is 18.1 Å². The van der Waals surface area contributed by atoms with Crippen LogP contribution in [0.1, 0.15) is 31.4 Å². The number of nitrogens with two attached hydrogens (primary N) is 1. The minimum Gasteiger partial charge on any atom is -0.480 e. The van der Waals surface area contributed by atoms with Crippen molar-refractivity contribution in [1.29, 1.82) is 0 Å². The Morgan fingerprint density at radius 2 is 1.16 bits per heavy atom. The molecule has 2 aromatic carbocycles. The molecule has 2 aromatic rings. The number of carboxylic acid groups (broad SMARTS) is 1. The molecule has 7 N–H and O–H groups in total. The molecule has 10 heteroatoms. The Morgan fingerprint density at radius 3 is 1.62 bits per heavy atom. The predicted octanol–water partition coefficient (Wildman–Crippen LogP) is 0.377. The molecule has 0 saturated heterocycles. The third kappa shape index (κ3) is 10.0. The van der Waals surface area contributed by atoms with Gasteiger partial charge in [0.05, 0.1) is 12.6 Å². The Balaban J connectivity index is 2.17. The predicted molar refractivity (Wildman–Crippen MR) is 138 cm³/mol. The Morgan fingerprint density at radius 1 is 0.730 bits per heavy atom. The molecule has 10 nitrogen and oxygen atoms in total. The molecule has 0 aliphatic heterocycles. The van der Waals surface area contributed by atoms with Crippen LogP contribution in [-0.4, -0.2) is 64.7 Å². The Kier molecular flexibility index (Phi) is 11.7. The van der Waals surface area contributed by atoms with Crippen molar-refractivity contribution in [2.45, 2.75) is 57.3 Å². The first-order chi connectivity index (χ1) is 17.6. The van der Waals surface area contributed by atoms with Gasteiger partial charge in [-0.3, -0.25) is 14.4 Å². The molecule has 4 atom stereocenters. The maximum atomic E-state index is 13.2. The number of rotatable bonds is 14. The van der Waals surface area contributed by atoms with Crippen LogP contribution in [0.4, 0.5) is 0 Å². The highest BCUT2D eigenvalue weighted by Gasteiger charge is 2.30. The molecule has 200 valence electrons. The van der Waals surface area contributed by atoms with Gasteiger partial charge in [0.2, 0.25) is 17.7 Å². The first-order valence-electron chi connectivity index (χ1n) is 12.2. The summed E-state index contributed by atoms with van der Waals surface area (Å²) in [5.41, 5.74) is 7.32. The van der Waals surface area contributed by atoms with E-state index in [0.29, 0.717) is 6.42 Å². The topological polar surface area (TPSA) is 171 Å². The number of carbonyl (C=O) groups excluding carboxylic acids is 3. The van der Waals surface area contributed by atoms with Crippen molar-refractivity contribution in [2.75, 3.05) is 6.61 Å². The van der Waals surface area contributed by atoms with E-state index in [4.69, 9.17) is 5.73 Å². The maximum Gasteiger partial charge on any atom is 0.326 e. The first kappa shape index (κ1) is 29.5. The van der Waals surface area contributed by atoms with Crippen molar-refractivity contribution in [3.63, 3.8) is 0 Å². The molecule has 0 fully saturated rings. The number of aliphatic hydroxyl groups excluding tert-OH is 1. The van der Waals surface area contributed by atoms with Gasteiger partial charge < -0.3 is 31.9 Å². The summed E-state index contributed by atoms with van der Waals surface area (Å²) in [5, 5.41) is 26.9. The third-order valence-electron chi connectivity index (χ3n) is 5.69.